The van der Waals surface area contributed by atoms with E-state index in [1.54, 1.807) is 0 Å². The van der Waals surface area contributed by atoms with Gasteiger partial charge in [0.05, 0.1) is 0 Å². The number of hydrogen-bond acceptors (Lipinski definition) is 1. The maximum absolute atomic E-state index is 12.8. The van der Waals surface area contributed by atoms with Gasteiger partial charge in [-0.3, -0.25) is 0 Å². The number of hydrogen-bond donors (Lipinski definition) is 1. The van der Waals surface area contributed by atoms with Crippen LogP contribution in [0.3, 0.4) is 0 Å². The van der Waals surface area contributed by atoms with Crippen LogP contribution in [0.2, 0.25) is 0 Å². The molecule has 0 aromatic rings. The molecule has 1 unspecified atom stereocenters. The van der Waals surface area contributed by atoms with E-state index in [0.717, 1.165) is 32.1 Å². The van der Waals surface area contributed by atoms with E-state index in [-0.39, 0.29) is 0 Å². The van der Waals surface area contributed by atoms with Crippen LogP contribution in [-0.4, -0.2) is 22.3 Å². The lowest BCUT2D eigenvalue weighted by atomic mass is 10.1. The molecule has 0 aliphatic rings. The second-order valence-electron chi connectivity index (χ2n) is 3.74. The van der Waals surface area contributed by atoms with Crippen LogP contribution in [0.1, 0.15) is 51.4 Å². The van der Waals surface area contributed by atoms with Gasteiger partial charge in [-0.25, -0.2) is 4.39 Å². The van der Waals surface area contributed by atoms with Gasteiger partial charge in [0.15, 0.2) is 0 Å². The summed E-state index contributed by atoms with van der Waals surface area (Å²) < 4.78 is 13.4. The van der Waals surface area contributed by atoms with Crippen LogP contribution in [0.4, 0.5) is 4.39 Å². The Bertz CT molecular complexity index is 111. The highest BCUT2D eigenvalue weighted by Crippen LogP contribution is 2.12. The van der Waals surface area contributed by atoms with Gasteiger partial charge in [-0.2, -0.15) is 0 Å². The molecule has 0 radical (unpaired) electrons. The van der Waals surface area contributed by atoms with Crippen LogP contribution in [0.15, 0.2) is 0 Å². The first-order valence-electron chi connectivity index (χ1n) is 5.62. The summed E-state index contributed by atoms with van der Waals surface area (Å²) >= 11 is 2.10. The SMILES string of the molecule is OCCCCCCCCCC(F)CI. The molecule has 3 heteroatoms. The van der Waals surface area contributed by atoms with Crippen molar-refractivity contribution in [3.05, 3.63) is 0 Å². The number of aliphatic hydroxyl groups excluding tert-OH is 1. The summed E-state index contributed by atoms with van der Waals surface area (Å²) in [6.07, 6.45) is 8.08. The molecular weight excluding hydrogens is 294 g/mol. The van der Waals surface area contributed by atoms with Gasteiger partial charge in [0.1, 0.15) is 6.17 Å². The molecule has 0 amide bonds. The fourth-order valence-corrected chi connectivity index (χ4v) is 1.88. The first kappa shape index (κ1) is 14.6. The lowest BCUT2D eigenvalue weighted by molar-refractivity contribution is 0.282. The summed E-state index contributed by atoms with van der Waals surface area (Å²) in [5.41, 5.74) is 0. The lowest BCUT2D eigenvalue weighted by Gasteiger charge is -2.03. The predicted octanol–water partition coefficient (Wildman–Crippen LogP) is 3.87. The van der Waals surface area contributed by atoms with Crippen molar-refractivity contribution in [1.29, 1.82) is 0 Å². The highest BCUT2D eigenvalue weighted by atomic mass is 127. The van der Waals surface area contributed by atoms with Gasteiger partial charge >= 0.3 is 0 Å². The first-order chi connectivity index (χ1) is 6.81. The van der Waals surface area contributed by atoms with Crippen molar-refractivity contribution < 1.29 is 9.50 Å². The van der Waals surface area contributed by atoms with E-state index in [4.69, 9.17) is 5.11 Å². The average Bonchev–Trinajstić information content (AvgIpc) is 2.21. The van der Waals surface area contributed by atoms with E-state index in [1.165, 1.54) is 19.3 Å². The molecule has 14 heavy (non-hydrogen) atoms. The van der Waals surface area contributed by atoms with Crippen LogP contribution in [0, 0.1) is 0 Å². The molecule has 0 saturated heterocycles. The van der Waals surface area contributed by atoms with Crippen LogP contribution in [0.25, 0.3) is 0 Å². The fraction of sp³-hybridized carbons (Fsp3) is 1.00. The summed E-state index contributed by atoms with van der Waals surface area (Å²) in [5, 5.41) is 8.55. The van der Waals surface area contributed by atoms with Crippen LogP contribution in [-0.2, 0) is 0 Å². The normalized spacial score (nSPS) is 13.1. The van der Waals surface area contributed by atoms with Gasteiger partial charge < -0.3 is 5.11 Å². The topological polar surface area (TPSA) is 20.2 Å². The van der Waals surface area contributed by atoms with E-state index in [2.05, 4.69) is 22.6 Å². The van der Waals surface area contributed by atoms with Gasteiger partial charge in [-0.1, -0.05) is 61.1 Å². The average molecular weight is 316 g/mol. The van der Waals surface area contributed by atoms with E-state index in [0.29, 0.717) is 11.0 Å². The second kappa shape index (κ2) is 11.7. The standard InChI is InChI=1S/C11H22FIO/c12-11(10-13)8-6-4-2-1-3-5-7-9-14/h11,14H,1-10H2. The monoisotopic (exact) mass is 316 g/mol. The Morgan fingerprint density at radius 3 is 1.93 bits per heavy atom. The Morgan fingerprint density at radius 1 is 0.929 bits per heavy atom. The maximum atomic E-state index is 12.8. The maximum Gasteiger partial charge on any atom is 0.109 e. The zero-order valence-electron chi connectivity index (χ0n) is 8.85. The van der Waals surface area contributed by atoms with E-state index in [1.807, 2.05) is 0 Å². The van der Waals surface area contributed by atoms with E-state index >= 15 is 0 Å². The number of rotatable bonds is 10. The molecule has 0 rings (SSSR count). The molecule has 1 atom stereocenters. The molecular formula is C11H22FIO. The minimum Gasteiger partial charge on any atom is -0.396 e. The highest BCUT2D eigenvalue weighted by molar-refractivity contribution is 14.1. The molecule has 0 aliphatic carbocycles. The molecule has 1 nitrogen and oxygen atoms in total. The zero-order chi connectivity index (χ0) is 10.6. The molecule has 0 aromatic carbocycles. The Morgan fingerprint density at radius 2 is 1.43 bits per heavy atom. The third kappa shape index (κ3) is 10.7. The molecule has 0 spiro atoms. The smallest absolute Gasteiger partial charge is 0.109 e. The number of alkyl halides is 2. The van der Waals surface area contributed by atoms with Crippen LogP contribution < -0.4 is 0 Å². The third-order valence-corrected chi connectivity index (χ3v) is 3.30. The van der Waals surface area contributed by atoms with Crippen LogP contribution in [0.5, 0.6) is 0 Å². The van der Waals surface area contributed by atoms with Gasteiger partial charge in [0.25, 0.3) is 0 Å². The predicted molar refractivity (Wildman–Crippen MR) is 67.8 cm³/mol. The van der Waals surface area contributed by atoms with Gasteiger partial charge in [-0.15, -0.1) is 0 Å². The Labute approximate surface area is 101 Å². The van der Waals surface area contributed by atoms with Gasteiger partial charge in [-0.05, 0) is 12.8 Å². The third-order valence-electron chi connectivity index (χ3n) is 2.34. The molecule has 1 N–H and O–H groups in total. The molecule has 86 valence electrons. The highest BCUT2D eigenvalue weighted by Gasteiger charge is 2.02. The molecule has 0 aromatic heterocycles. The summed E-state index contributed by atoms with van der Waals surface area (Å²) in [6.45, 7) is 0.319. The number of unbranched alkanes of at least 4 members (excludes halogenated alkanes) is 6. The Kier molecular flexibility index (Phi) is 12.2. The Balaban J connectivity index is 2.92. The summed E-state index contributed by atoms with van der Waals surface area (Å²) in [7, 11) is 0. The van der Waals surface area contributed by atoms with Crippen molar-refractivity contribution in [2.75, 3.05) is 11.0 Å². The summed E-state index contributed by atoms with van der Waals surface area (Å²) in [6, 6.07) is 0. The largest absolute Gasteiger partial charge is 0.396 e. The minimum atomic E-state index is -0.593. The molecule has 0 aliphatic heterocycles. The van der Waals surface area contributed by atoms with Crippen molar-refractivity contribution in [3.8, 4) is 0 Å². The first-order valence-corrected chi connectivity index (χ1v) is 7.14. The minimum absolute atomic E-state index is 0.319. The van der Waals surface area contributed by atoms with Crippen molar-refractivity contribution >= 4 is 22.6 Å². The summed E-state index contributed by atoms with van der Waals surface area (Å²) in [4.78, 5) is 0. The van der Waals surface area contributed by atoms with E-state index < -0.39 is 6.17 Å². The summed E-state index contributed by atoms with van der Waals surface area (Å²) in [5.74, 6) is 0. The van der Waals surface area contributed by atoms with Crippen molar-refractivity contribution in [3.63, 3.8) is 0 Å². The number of aliphatic hydroxyl groups is 1. The van der Waals surface area contributed by atoms with Crippen LogP contribution >= 0.6 is 22.6 Å². The second-order valence-corrected chi connectivity index (χ2v) is 4.62. The van der Waals surface area contributed by atoms with Crippen molar-refractivity contribution in [1.82, 2.24) is 0 Å². The van der Waals surface area contributed by atoms with Gasteiger partial charge in [0.2, 0.25) is 0 Å². The van der Waals surface area contributed by atoms with Gasteiger partial charge in [0, 0.05) is 11.0 Å². The Hall–Kier alpha value is 0.620. The fourth-order valence-electron chi connectivity index (χ4n) is 1.44. The zero-order valence-corrected chi connectivity index (χ0v) is 11.0. The molecule has 0 heterocycles. The number of halogens is 2. The van der Waals surface area contributed by atoms with E-state index in [9.17, 15) is 4.39 Å². The molecule has 0 saturated carbocycles. The van der Waals surface area contributed by atoms with Crippen molar-refractivity contribution in [2.24, 2.45) is 0 Å². The quantitative estimate of drug-likeness (QED) is 0.368. The van der Waals surface area contributed by atoms with Crippen molar-refractivity contribution in [2.45, 2.75) is 57.5 Å². The molecule has 0 fully saturated rings. The molecule has 0 bridgehead atoms. The lowest BCUT2D eigenvalue weighted by Crippen LogP contribution is -2.00.